The molecule has 1 heterocycles. The van der Waals surface area contributed by atoms with E-state index in [9.17, 15) is 4.79 Å². The summed E-state index contributed by atoms with van der Waals surface area (Å²) in [4.78, 5) is 12.4. The molecule has 0 radical (unpaired) electrons. The molecule has 1 rings (SSSR count). The molecule has 0 aliphatic heterocycles. The molecule has 0 saturated heterocycles. The van der Waals surface area contributed by atoms with Crippen LogP contribution in [0.1, 0.15) is 49.0 Å². The molecule has 5 heteroatoms. The molecule has 0 aromatic carbocycles. The largest absolute Gasteiger partial charge is 0.351 e. The second kappa shape index (κ2) is 6.58. The molecule has 16 heavy (non-hydrogen) atoms. The minimum absolute atomic E-state index is 0.0318. The maximum absolute atomic E-state index is 11.7. The Morgan fingerprint density at radius 2 is 2.25 bits per heavy atom. The number of hydrogen-bond donors (Lipinski definition) is 1. The first-order chi connectivity index (χ1) is 7.65. The van der Waals surface area contributed by atoms with Crippen LogP contribution < -0.4 is 5.32 Å². The molecule has 0 saturated carbocycles. The molecule has 4 nitrogen and oxygen atoms in total. The van der Waals surface area contributed by atoms with Gasteiger partial charge in [-0.1, -0.05) is 25.3 Å². The molecule has 1 N–H and O–H groups in total. The molecule has 1 aromatic heterocycles. The molecular weight excluding hydrogens is 222 g/mol. The average molecular weight is 241 g/mol. The van der Waals surface area contributed by atoms with Crippen molar-refractivity contribution < 1.29 is 4.79 Å². The van der Waals surface area contributed by atoms with E-state index in [2.05, 4.69) is 28.8 Å². The number of nitrogens with one attached hydrogen (secondary N) is 1. The molecule has 1 aromatic rings. The van der Waals surface area contributed by atoms with Crippen LogP contribution in [-0.4, -0.2) is 22.0 Å². The second-order valence-corrected chi connectivity index (χ2v) is 4.95. The van der Waals surface area contributed by atoms with Gasteiger partial charge in [-0.3, -0.25) is 4.79 Å². The number of nitrogens with zero attached hydrogens (tertiary/aromatic N) is 2. The summed E-state index contributed by atoms with van der Waals surface area (Å²) in [5.41, 5.74) is 0.798. The van der Waals surface area contributed by atoms with Gasteiger partial charge >= 0.3 is 0 Å². The fourth-order valence-corrected chi connectivity index (χ4v) is 2.07. The minimum Gasteiger partial charge on any atom is -0.351 e. The second-order valence-electron chi connectivity index (χ2n) is 4.19. The Bertz CT molecular complexity index is 336. The van der Waals surface area contributed by atoms with Crippen molar-refractivity contribution in [2.75, 3.05) is 6.54 Å². The van der Waals surface area contributed by atoms with Crippen molar-refractivity contribution in [3.8, 4) is 0 Å². The van der Waals surface area contributed by atoms with Crippen molar-refractivity contribution in [2.24, 2.45) is 5.92 Å². The van der Waals surface area contributed by atoms with Gasteiger partial charge < -0.3 is 5.32 Å². The quantitative estimate of drug-likeness (QED) is 0.777. The summed E-state index contributed by atoms with van der Waals surface area (Å²) in [6.07, 6.45) is 2.92. The molecule has 0 fully saturated rings. The van der Waals surface area contributed by atoms with Gasteiger partial charge in [-0.15, -0.1) is 5.10 Å². The lowest BCUT2D eigenvalue weighted by molar-refractivity contribution is 0.0955. The van der Waals surface area contributed by atoms with Gasteiger partial charge in [-0.05, 0) is 36.7 Å². The van der Waals surface area contributed by atoms with E-state index in [0.717, 1.165) is 31.5 Å². The van der Waals surface area contributed by atoms with Crippen molar-refractivity contribution in [2.45, 2.75) is 40.0 Å². The lowest BCUT2D eigenvalue weighted by Crippen LogP contribution is -2.24. The van der Waals surface area contributed by atoms with E-state index in [0.29, 0.717) is 10.8 Å². The highest BCUT2D eigenvalue weighted by molar-refractivity contribution is 7.08. The fraction of sp³-hybridized carbons (Fsp3) is 0.727. The standard InChI is InChI=1S/C11H19N3OS/c1-4-9-10(16-14-13-9)11(15)12-7-5-6-8(2)3/h8H,4-7H2,1-3H3,(H,12,15). The number of hydrogen-bond acceptors (Lipinski definition) is 4. The maximum Gasteiger partial charge on any atom is 0.264 e. The predicted molar refractivity (Wildman–Crippen MR) is 65.7 cm³/mol. The van der Waals surface area contributed by atoms with Crippen LogP contribution in [0.5, 0.6) is 0 Å². The first-order valence-electron chi connectivity index (χ1n) is 5.74. The summed E-state index contributed by atoms with van der Waals surface area (Å²) in [5.74, 6) is 0.656. The summed E-state index contributed by atoms with van der Waals surface area (Å²) in [7, 11) is 0. The van der Waals surface area contributed by atoms with Gasteiger partial charge in [0.15, 0.2) is 0 Å². The van der Waals surface area contributed by atoms with Gasteiger partial charge in [0.05, 0.1) is 5.69 Å². The number of aromatic nitrogens is 2. The summed E-state index contributed by atoms with van der Waals surface area (Å²) < 4.78 is 3.80. The van der Waals surface area contributed by atoms with Crippen LogP contribution in [0.3, 0.4) is 0 Å². The normalized spacial score (nSPS) is 10.8. The summed E-state index contributed by atoms with van der Waals surface area (Å²) in [5, 5.41) is 6.83. The summed E-state index contributed by atoms with van der Waals surface area (Å²) >= 11 is 1.17. The van der Waals surface area contributed by atoms with E-state index in [1.807, 2.05) is 6.92 Å². The molecule has 0 aliphatic rings. The molecule has 90 valence electrons. The topological polar surface area (TPSA) is 54.9 Å². The van der Waals surface area contributed by atoms with E-state index in [4.69, 9.17) is 0 Å². The van der Waals surface area contributed by atoms with Crippen molar-refractivity contribution in [1.29, 1.82) is 0 Å². The number of rotatable bonds is 6. The highest BCUT2D eigenvalue weighted by atomic mass is 32.1. The Kier molecular flexibility index (Phi) is 5.38. The van der Waals surface area contributed by atoms with Crippen molar-refractivity contribution in [3.63, 3.8) is 0 Å². The van der Waals surface area contributed by atoms with Crippen LogP contribution in [0.15, 0.2) is 0 Å². The van der Waals surface area contributed by atoms with Gasteiger partial charge in [0.2, 0.25) is 0 Å². The van der Waals surface area contributed by atoms with Gasteiger partial charge in [0.25, 0.3) is 5.91 Å². The van der Waals surface area contributed by atoms with Crippen molar-refractivity contribution in [1.82, 2.24) is 14.9 Å². The molecule has 0 aliphatic carbocycles. The van der Waals surface area contributed by atoms with Crippen LogP contribution in [-0.2, 0) is 6.42 Å². The number of aryl methyl sites for hydroxylation is 1. The first kappa shape index (κ1) is 13.1. The molecule has 0 atom stereocenters. The Balaban J connectivity index is 2.35. The van der Waals surface area contributed by atoms with Crippen LogP contribution >= 0.6 is 11.5 Å². The van der Waals surface area contributed by atoms with Crippen molar-refractivity contribution in [3.05, 3.63) is 10.6 Å². The van der Waals surface area contributed by atoms with Gasteiger partial charge in [-0.25, -0.2) is 0 Å². The number of carbonyl (C=O) groups is 1. The third-order valence-corrected chi connectivity index (χ3v) is 3.11. The fourth-order valence-electron chi connectivity index (χ4n) is 1.40. The Hall–Kier alpha value is -0.970. The van der Waals surface area contributed by atoms with E-state index < -0.39 is 0 Å². The smallest absolute Gasteiger partial charge is 0.264 e. The van der Waals surface area contributed by atoms with Gasteiger partial charge in [0, 0.05) is 6.54 Å². The zero-order valence-electron chi connectivity index (χ0n) is 10.1. The highest BCUT2D eigenvalue weighted by Crippen LogP contribution is 2.10. The number of carbonyl (C=O) groups excluding carboxylic acids is 1. The Labute approximate surface area is 101 Å². The average Bonchev–Trinajstić information content (AvgIpc) is 2.71. The summed E-state index contributed by atoms with van der Waals surface area (Å²) in [6, 6.07) is 0. The monoisotopic (exact) mass is 241 g/mol. The van der Waals surface area contributed by atoms with E-state index in [1.54, 1.807) is 0 Å². The highest BCUT2D eigenvalue weighted by Gasteiger charge is 2.13. The zero-order chi connectivity index (χ0) is 12.0. The lowest BCUT2D eigenvalue weighted by atomic mass is 10.1. The van der Waals surface area contributed by atoms with E-state index in [1.165, 1.54) is 11.5 Å². The Morgan fingerprint density at radius 1 is 1.50 bits per heavy atom. The van der Waals surface area contributed by atoms with E-state index >= 15 is 0 Å². The molecule has 1 amide bonds. The molecule has 0 spiro atoms. The van der Waals surface area contributed by atoms with Crippen LogP contribution in [0.4, 0.5) is 0 Å². The SMILES string of the molecule is CCc1nnsc1C(=O)NCCCC(C)C. The van der Waals surface area contributed by atoms with Crippen molar-refractivity contribution >= 4 is 17.4 Å². The predicted octanol–water partition coefficient (Wildman–Crippen LogP) is 2.27. The molecular formula is C11H19N3OS. The Morgan fingerprint density at radius 3 is 2.88 bits per heavy atom. The third kappa shape index (κ3) is 3.89. The third-order valence-electron chi connectivity index (χ3n) is 2.34. The van der Waals surface area contributed by atoms with Crippen LogP contribution in [0.2, 0.25) is 0 Å². The molecule has 0 bridgehead atoms. The first-order valence-corrected chi connectivity index (χ1v) is 6.51. The van der Waals surface area contributed by atoms with Gasteiger partial charge in [0.1, 0.15) is 4.88 Å². The van der Waals surface area contributed by atoms with Crippen LogP contribution in [0, 0.1) is 5.92 Å². The maximum atomic E-state index is 11.7. The van der Waals surface area contributed by atoms with Crippen LogP contribution in [0.25, 0.3) is 0 Å². The zero-order valence-corrected chi connectivity index (χ0v) is 10.9. The number of amides is 1. The van der Waals surface area contributed by atoms with E-state index in [-0.39, 0.29) is 5.91 Å². The van der Waals surface area contributed by atoms with Gasteiger partial charge in [-0.2, -0.15) is 0 Å². The lowest BCUT2D eigenvalue weighted by Gasteiger charge is -2.05. The minimum atomic E-state index is -0.0318. The summed E-state index contributed by atoms with van der Waals surface area (Å²) in [6.45, 7) is 7.08. The molecule has 0 unspecified atom stereocenters.